The summed E-state index contributed by atoms with van der Waals surface area (Å²) in [5, 5.41) is 3.32. The smallest absolute Gasteiger partial charge is 0.257 e. The van der Waals surface area contributed by atoms with Gasteiger partial charge in [0.25, 0.3) is 5.91 Å². The van der Waals surface area contributed by atoms with Crippen LogP contribution < -0.4 is 5.32 Å². The number of rotatable bonds is 3. The molecular formula is C12H10N2OS. The molecule has 16 heavy (non-hydrogen) atoms. The molecule has 80 valence electrons. The van der Waals surface area contributed by atoms with E-state index >= 15 is 0 Å². The Morgan fingerprint density at radius 1 is 1.38 bits per heavy atom. The summed E-state index contributed by atoms with van der Waals surface area (Å²) in [6, 6.07) is 9.04. The van der Waals surface area contributed by atoms with Crippen LogP contribution in [0.3, 0.4) is 0 Å². The van der Waals surface area contributed by atoms with Crippen molar-refractivity contribution in [2.45, 2.75) is 0 Å². The van der Waals surface area contributed by atoms with Gasteiger partial charge in [0, 0.05) is 16.6 Å². The van der Waals surface area contributed by atoms with Crippen molar-refractivity contribution in [3.05, 3.63) is 53.5 Å². The summed E-state index contributed by atoms with van der Waals surface area (Å²) in [6.07, 6.45) is 3.38. The Balaban J connectivity index is 2.11. The van der Waals surface area contributed by atoms with Crippen LogP contribution >= 0.6 is 11.3 Å². The van der Waals surface area contributed by atoms with Crippen molar-refractivity contribution >= 4 is 28.5 Å². The highest BCUT2D eigenvalue weighted by atomic mass is 32.1. The van der Waals surface area contributed by atoms with Gasteiger partial charge in [0.2, 0.25) is 0 Å². The largest absolute Gasteiger partial charge is 0.298 e. The Labute approximate surface area is 97.5 Å². The number of thiazole rings is 1. The first-order chi connectivity index (χ1) is 7.79. The van der Waals surface area contributed by atoms with Crippen molar-refractivity contribution in [3.63, 3.8) is 0 Å². The number of carbonyl (C=O) groups is 1. The molecule has 0 saturated carbocycles. The van der Waals surface area contributed by atoms with Gasteiger partial charge in [-0.1, -0.05) is 42.2 Å². The number of carbonyl (C=O) groups excluding carboxylic acids is 1. The van der Waals surface area contributed by atoms with Crippen LogP contribution in [0.1, 0.15) is 15.2 Å². The third-order valence-corrected chi connectivity index (χ3v) is 2.89. The number of nitrogens with zero attached hydrogens (tertiary/aromatic N) is 1. The summed E-state index contributed by atoms with van der Waals surface area (Å²) in [7, 11) is 0. The minimum Gasteiger partial charge on any atom is -0.298 e. The fraction of sp³-hybridized carbons (Fsp3) is 0. The molecule has 1 aromatic carbocycles. The summed E-state index contributed by atoms with van der Waals surface area (Å²) < 4.78 is 0. The van der Waals surface area contributed by atoms with E-state index in [2.05, 4.69) is 16.9 Å². The monoisotopic (exact) mass is 230 g/mol. The van der Waals surface area contributed by atoms with Gasteiger partial charge in [0.05, 0.1) is 0 Å². The van der Waals surface area contributed by atoms with Crippen LogP contribution in [0, 0.1) is 0 Å². The van der Waals surface area contributed by atoms with E-state index in [1.807, 2.05) is 18.2 Å². The molecular weight excluding hydrogens is 220 g/mol. The van der Waals surface area contributed by atoms with E-state index < -0.39 is 0 Å². The average Bonchev–Trinajstić information content (AvgIpc) is 2.78. The summed E-state index contributed by atoms with van der Waals surface area (Å²) >= 11 is 1.39. The number of benzene rings is 1. The lowest BCUT2D eigenvalue weighted by atomic mass is 10.2. The molecule has 1 heterocycles. The van der Waals surface area contributed by atoms with E-state index in [1.165, 1.54) is 11.3 Å². The maximum Gasteiger partial charge on any atom is 0.257 e. The Morgan fingerprint density at radius 3 is 2.75 bits per heavy atom. The third kappa shape index (κ3) is 2.35. The Bertz CT molecular complexity index is 505. The minimum atomic E-state index is -0.148. The van der Waals surface area contributed by atoms with Crippen molar-refractivity contribution in [1.29, 1.82) is 0 Å². The van der Waals surface area contributed by atoms with Crippen LogP contribution in [0.25, 0.3) is 6.08 Å². The van der Waals surface area contributed by atoms with Gasteiger partial charge in [0.15, 0.2) is 5.13 Å². The van der Waals surface area contributed by atoms with Crippen LogP contribution in [0.4, 0.5) is 5.13 Å². The van der Waals surface area contributed by atoms with Crippen LogP contribution in [-0.4, -0.2) is 10.9 Å². The lowest BCUT2D eigenvalue weighted by Crippen LogP contribution is -2.11. The molecule has 0 aliphatic rings. The van der Waals surface area contributed by atoms with E-state index in [1.54, 1.807) is 24.4 Å². The topological polar surface area (TPSA) is 42.0 Å². The predicted molar refractivity (Wildman–Crippen MR) is 66.6 cm³/mol. The van der Waals surface area contributed by atoms with Crippen LogP contribution in [0.2, 0.25) is 0 Å². The second-order valence-corrected chi connectivity index (χ2v) is 4.15. The van der Waals surface area contributed by atoms with Gasteiger partial charge in [0.1, 0.15) is 0 Å². The Morgan fingerprint density at radius 2 is 2.12 bits per heavy atom. The molecule has 0 fully saturated rings. The molecule has 1 aromatic heterocycles. The van der Waals surface area contributed by atoms with E-state index in [4.69, 9.17) is 0 Å². The van der Waals surface area contributed by atoms with Crippen LogP contribution in [0.5, 0.6) is 0 Å². The molecule has 1 amide bonds. The summed E-state index contributed by atoms with van der Waals surface area (Å²) in [6.45, 7) is 3.64. The zero-order chi connectivity index (χ0) is 11.4. The van der Waals surface area contributed by atoms with Gasteiger partial charge < -0.3 is 0 Å². The maximum atomic E-state index is 11.7. The van der Waals surface area contributed by atoms with Gasteiger partial charge in [-0.15, -0.1) is 0 Å². The fourth-order valence-corrected chi connectivity index (χ4v) is 1.86. The first-order valence-electron chi connectivity index (χ1n) is 4.74. The summed E-state index contributed by atoms with van der Waals surface area (Å²) in [5.74, 6) is -0.148. The lowest BCUT2D eigenvalue weighted by Gasteiger charge is -2.00. The fourth-order valence-electron chi connectivity index (χ4n) is 1.20. The number of aromatic nitrogens is 1. The van der Waals surface area contributed by atoms with Gasteiger partial charge in [-0.3, -0.25) is 10.1 Å². The van der Waals surface area contributed by atoms with E-state index in [0.717, 1.165) is 4.88 Å². The molecule has 0 aliphatic heterocycles. The average molecular weight is 230 g/mol. The molecule has 0 bridgehead atoms. The van der Waals surface area contributed by atoms with E-state index in [0.29, 0.717) is 10.7 Å². The molecule has 0 saturated heterocycles. The van der Waals surface area contributed by atoms with E-state index in [-0.39, 0.29) is 5.91 Å². The first-order valence-corrected chi connectivity index (χ1v) is 5.56. The molecule has 0 atom stereocenters. The van der Waals surface area contributed by atoms with Gasteiger partial charge in [-0.2, -0.15) is 0 Å². The molecule has 0 aliphatic carbocycles. The standard InChI is InChI=1S/C12H10N2OS/c1-2-10-8-13-12(16-10)14-11(15)9-6-4-3-5-7-9/h2-8H,1H2,(H,13,14,15). The van der Waals surface area contributed by atoms with E-state index in [9.17, 15) is 4.79 Å². The minimum absolute atomic E-state index is 0.148. The second-order valence-electron chi connectivity index (χ2n) is 3.09. The lowest BCUT2D eigenvalue weighted by molar-refractivity contribution is 0.102. The zero-order valence-corrected chi connectivity index (χ0v) is 9.33. The highest BCUT2D eigenvalue weighted by molar-refractivity contribution is 7.16. The van der Waals surface area contributed by atoms with Gasteiger partial charge in [-0.05, 0) is 12.1 Å². The highest BCUT2D eigenvalue weighted by Gasteiger charge is 2.07. The number of hydrogen-bond donors (Lipinski definition) is 1. The molecule has 2 aromatic rings. The molecule has 2 rings (SSSR count). The predicted octanol–water partition coefficient (Wildman–Crippen LogP) is 3.04. The Kier molecular flexibility index (Phi) is 3.12. The van der Waals surface area contributed by atoms with Crippen LogP contribution in [-0.2, 0) is 0 Å². The van der Waals surface area contributed by atoms with Crippen molar-refractivity contribution < 1.29 is 4.79 Å². The van der Waals surface area contributed by atoms with Crippen LogP contribution in [0.15, 0.2) is 43.1 Å². The third-order valence-electron chi connectivity index (χ3n) is 1.98. The van der Waals surface area contributed by atoms with Crippen molar-refractivity contribution in [1.82, 2.24) is 4.98 Å². The summed E-state index contributed by atoms with van der Waals surface area (Å²) in [4.78, 5) is 16.7. The second kappa shape index (κ2) is 4.72. The number of anilines is 1. The van der Waals surface area contributed by atoms with Crippen molar-refractivity contribution in [3.8, 4) is 0 Å². The highest BCUT2D eigenvalue weighted by Crippen LogP contribution is 2.19. The SMILES string of the molecule is C=Cc1cnc(NC(=O)c2ccccc2)s1. The zero-order valence-electron chi connectivity index (χ0n) is 8.51. The maximum absolute atomic E-state index is 11.7. The molecule has 0 radical (unpaired) electrons. The van der Waals surface area contributed by atoms with Crippen molar-refractivity contribution in [2.24, 2.45) is 0 Å². The normalized spacial score (nSPS) is 9.75. The molecule has 1 N–H and O–H groups in total. The number of nitrogens with one attached hydrogen (secondary N) is 1. The molecule has 0 spiro atoms. The van der Waals surface area contributed by atoms with Crippen molar-refractivity contribution in [2.75, 3.05) is 5.32 Å². The Hall–Kier alpha value is -1.94. The first kappa shape index (κ1) is 10.6. The van der Waals surface area contributed by atoms with Gasteiger partial charge >= 0.3 is 0 Å². The molecule has 0 unspecified atom stereocenters. The number of amides is 1. The number of hydrogen-bond acceptors (Lipinski definition) is 3. The van der Waals surface area contributed by atoms with Gasteiger partial charge in [-0.25, -0.2) is 4.98 Å². The quantitative estimate of drug-likeness (QED) is 0.880. The molecule has 3 nitrogen and oxygen atoms in total. The summed E-state index contributed by atoms with van der Waals surface area (Å²) in [5.41, 5.74) is 0.623. The molecule has 4 heteroatoms.